The van der Waals surface area contributed by atoms with Crippen LogP contribution in [0.1, 0.15) is 24.0 Å². The quantitative estimate of drug-likeness (QED) is 0.457. The number of nitrogens with zero attached hydrogens (tertiary/aromatic N) is 1. The third-order valence-electron chi connectivity index (χ3n) is 5.22. The molecule has 0 heterocycles. The number of rotatable bonds is 8. The molecule has 0 unspecified atom stereocenters. The van der Waals surface area contributed by atoms with Gasteiger partial charge < -0.3 is 26.2 Å². The van der Waals surface area contributed by atoms with Crippen molar-refractivity contribution in [1.82, 2.24) is 4.90 Å². The summed E-state index contributed by atoms with van der Waals surface area (Å²) in [7, 11) is 0. The van der Waals surface area contributed by atoms with Crippen molar-refractivity contribution in [3.8, 4) is 11.5 Å². The van der Waals surface area contributed by atoms with E-state index in [1.54, 1.807) is 36.4 Å². The Labute approximate surface area is 161 Å². The van der Waals surface area contributed by atoms with E-state index < -0.39 is 36.1 Å². The number of benzene rings is 2. The lowest BCUT2D eigenvalue weighted by Gasteiger charge is -2.48. The van der Waals surface area contributed by atoms with Crippen LogP contribution in [0.4, 0.5) is 0 Å². The highest BCUT2D eigenvalue weighted by Gasteiger charge is 2.63. The molecule has 3 rings (SSSR count). The Kier molecular flexibility index (Phi) is 5.01. The first-order valence-electron chi connectivity index (χ1n) is 8.77. The highest BCUT2D eigenvalue weighted by atomic mass is 16.4. The lowest BCUT2D eigenvalue weighted by atomic mass is 9.72. The minimum atomic E-state index is -1.56. The van der Waals surface area contributed by atoms with Crippen LogP contribution in [0.2, 0.25) is 0 Å². The number of phenols is 2. The Morgan fingerprint density at radius 3 is 1.61 bits per heavy atom. The number of para-hydroxylation sites is 2. The summed E-state index contributed by atoms with van der Waals surface area (Å²) in [6, 6.07) is 12.5. The van der Waals surface area contributed by atoms with Gasteiger partial charge in [-0.15, -0.1) is 0 Å². The maximum Gasteiger partial charge on any atom is 0.317 e. The van der Waals surface area contributed by atoms with Gasteiger partial charge in [0.1, 0.15) is 11.5 Å². The molecule has 0 spiro atoms. The minimum absolute atomic E-state index is 0.164. The average molecular weight is 386 g/mol. The van der Waals surface area contributed by atoms with Crippen molar-refractivity contribution < 1.29 is 30.0 Å². The summed E-state index contributed by atoms with van der Waals surface area (Å²) in [6.45, 7) is -1.29. The van der Waals surface area contributed by atoms with Gasteiger partial charge in [-0.2, -0.15) is 0 Å². The van der Waals surface area contributed by atoms with Gasteiger partial charge in [-0.25, -0.2) is 0 Å². The van der Waals surface area contributed by atoms with Gasteiger partial charge in [-0.3, -0.25) is 14.5 Å². The van der Waals surface area contributed by atoms with Crippen LogP contribution in [-0.4, -0.2) is 55.9 Å². The van der Waals surface area contributed by atoms with E-state index in [9.17, 15) is 30.0 Å². The van der Waals surface area contributed by atoms with Crippen molar-refractivity contribution in [3.63, 3.8) is 0 Å². The molecule has 1 fully saturated rings. The smallest absolute Gasteiger partial charge is 0.317 e. The van der Waals surface area contributed by atoms with E-state index in [0.717, 1.165) is 0 Å². The molecule has 0 amide bonds. The summed E-state index contributed by atoms with van der Waals surface area (Å²) in [5.74, 6) is -2.83. The van der Waals surface area contributed by atoms with Gasteiger partial charge in [-0.05, 0) is 25.0 Å². The second-order valence-corrected chi connectivity index (χ2v) is 7.04. The highest BCUT2D eigenvalue weighted by Crippen LogP contribution is 2.58. The van der Waals surface area contributed by atoms with E-state index in [-0.39, 0.29) is 22.6 Å². The van der Waals surface area contributed by atoms with Crippen molar-refractivity contribution in [2.45, 2.75) is 23.9 Å². The van der Waals surface area contributed by atoms with Gasteiger partial charge in [0.15, 0.2) is 0 Å². The normalized spacial score (nSPS) is 15.4. The van der Waals surface area contributed by atoms with Crippen LogP contribution in [0.3, 0.4) is 0 Å². The van der Waals surface area contributed by atoms with E-state index in [0.29, 0.717) is 12.8 Å². The lowest BCUT2D eigenvalue weighted by Crippen LogP contribution is -2.62. The summed E-state index contributed by atoms with van der Waals surface area (Å²) >= 11 is 0. The number of phenolic OH excluding ortho intramolecular Hbond substituents is 2. The molecule has 0 aromatic heterocycles. The van der Waals surface area contributed by atoms with Gasteiger partial charge in [0.25, 0.3) is 0 Å². The maximum absolute atomic E-state index is 11.6. The summed E-state index contributed by atoms with van der Waals surface area (Å²) in [4.78, 5) is 24.4. The number of aliphatic carboxylic acids is 2. The zero-order chi connectivity index (χ0) is 20.5. The second-order valence-electron chi connectivity index (χ2n) is 7.04. The monoisotopic (exact) mass is 386 g/mol. The fourth-order valence-electron chi connectivity index (χ4n) is 4.01. The molecule has 0 saturated heterocycles. The van der Waals surface area contributed by atoms with E-state index in [4.69, 9.17) is 5.73 Å². The first-order chi connectivity index (χ1) is 13.2. The highest BCUT2D eigenvalue weighted by molar-refractivity contribution is 5.74. The number of nitrogens with two attached hydrogens (primary N) is 1. The zero-order valence-corrected chi connectivity index (χ0v) is 15.1. The van der Waals surface area contributed by atoms with E-state index in [1.807, 2.05) is 0 Å². The molecule has 0 radical (unpaired) electrons. The molecule has 1 saturated carbocycles. The largest absolute Gasteiger partial charge is 0.508 e. The Hall–Kier alpha value is -3.10. The van der Waals surface area contributed by atoms with E-state index in [2.05, 4.69) is 0 Å². The molecule has 28 heavy (non-hydrogen) atoms. The molecular formula is C20H22N2O6. The van der Waals surface area contributed by atoms with Crippen molar-refractivity contribution in [3.05, 3.63) is 59.7 Å². The first-order valence-corrected chi connectivity index (χ1v) is 8.77. The molecular weight excluding hydrogens is 364 g/mol. The summed E-state index contributed by atoms with van der Waals surface area (Å²) < 4.78 is 0. The molecule has 148 valence electrons. The first kappa shape index (κ1) is 19.7. The van der Waals surface area contributed by atoms with E-state index >= 15 is 0 Å². The van der Waals surface area contributed by atoms with Crippen LogP contribution in [0, 0.1) is 0 Å². The number of carboxylic acids is 2. The van der Waals surface area contributed by atoms with Gasteiger partial charge in [0.05, 0.1) is 18.6 Å². The molecule has 8 nitrogen and oxygen atoms in total. The van der Waals surface area contributed by atoms with Crippen LogP contribution in [0.25, 0.3) is 0 Å². The fourth-order valence-corrected chi connectivity index (χ4v) is 4.01. The standard InChI is InChI=1S/C20H22N2O6/c21-19(9-10-19)20(13-5-1-3-7-15(13)23,14-6-2-4-8-16(14)24)22(11-17(25)26)12-18(27)28/h1-8,23-24H,9-12,21H2,(H,25,26)(H,27,28). The molecule has 0 bridgehead atoms. The third kappa shape index (κ3) is 3.17. The van der Waals surface area contributed by atoms with Crippen molar-refractivity contribution in [2.75, 3.05) is 13.1 Å². The molecule has 2 aromatic carbocycles. The third-order valence-corrected chi connectivity index (χ3v) is 5.22. The van der Waals surface area contributed by atoms with Crippen LogP contribution >= 0.6 is 0 Å². The van der Waals surface area contributed by atoms with Crippen molar-refractivity contribution in [2.24, 2.45) is 5.73 Å². The van der Waals surface area contributed by atoms with Gasteiger partial charge >= 0.3 is 11.9 Å². The predicted molar refractivity (Wildman–Crippen MR) is 100.0 cm³/mol. The fraction of sp³-hybridized carbons (Fsp3) is 0.300. The maximum atomic E-state index is 11.6. The minimum Gasteiger partial charge on any atom is -0.508 e. The molecule has 0 aliphatic heterocycles. The number of hydrogen-bond donors (Lipinski definition) is 5. The lowest BCUT2D eigenvalue weighted by molar-refractivity contribution is -0.145. The van der Waals surface area contributed by atoms with Gasteiger partial charge in [0.2, 0.25) is 0 Å². The summed E-state index contributed by atoms with van der Waals surface area (Å²) in [5, 5.41) is 40.3. The molecule has 0 atom stereocenters. The van der Waals surface area contributed by atoms with E-state index in [1.165, 1.54) is 17.0 Å². The Bertz CT molecular complexity index is 848. The van der Waals surface area contributed by atoms with Crippen molar-refractivity contribution >= 4 is 11.9 Å². The SMILES string of the molecule is NC1(C(c2ccccc2O)(c2ccccc2O)N(CC(=O)O)CC(=O)O)CC1. The van der Waals surface area contributed by atoms with Gasteiger partial charge in [-0.1, -0.05) is 36.4 Å². The Morgan fingerprint density at radius 2 is 1.29 bits per heavy atom. The number of aromatic hydroxyl groups is 2. The summed E-state index contributed by atoms with van der Waals surface area (Å²) in [6.07, 6.45) is 0.927. The Balaban J connectivity index is 2.40. The van der Waals surface area contributed by atoms with Gasteiger partial charge in [0, 0.05) is 16.7 Å². The summed E-state index contributed by atoms with van der Waals surface area (Å²) in [5.41, 5.74) is 4.50. The molecule has 2 aromatic rings. The van der Waals surface area contributed by atoms with Crippen LogP contribution < -0.4 is 5.73 Å². The van der Waals surface area contributed by atoms with Crippen molar-refractivity contribution in [1.29, 1.82) is 0 Å². The number of carbonyl (C=O) groups is 2. The second kappa shape index (κ2) is 7.14. The molecule has 6 N–H and O–H groups in total. The van der Waals surface area contributed by atoms with Crippen LogP contribution in [0.5, 0.6) is 11.5 Å². The van der Waals surface area contributed by atoms with Crippen LogP contribution in [0.15, 0.2) is 48.5 Å². The topological polar surface area (TPSA) is 144 Å². The zero-order valence-electron chi connectivity index (χ0n) is 15.1. The average Bonchev–Trinajstić information content (AvgIpc) is 3.36. The Morgan fingerprint density at radius 1 is 0.893 bits per heavy atom. The number of hydrogen-bond acceptors (Lipinski definition) is 6. The molecule has 1 aliphatic carbocycles. The molecule has 1 aliphatic rings. The predicted octanol–water partition coefficient (Wildman–Crippen LogP) is 1.30. The number of carboxylic acid groups (broad SMARTS) is 2. The molecule has 8 heteroatoms. The van der Waals surface area contributed by atoms with Crippen LogP contribution in [-0.2, 0) is 15.1 Å².